The summed E-state index contributed by atoms with van der Waals surface area (Å²) in [7, 11) is 1.75. The maximum Gasteiger partial charge on any atom is 0.333 e. The maximum atomic E-state index is 11.1. The number of aryl methyl sites for hydroxylation is 2. The predicted octanol–water partition coefficient (Wildman–Crippen LogP) is 0.435. The molecule has 2 rings (SSSR count). The van der Waals surface area contributed by atoms with Crippen LogP contribution < -0.4 is 10.2 Å². The largest absolute Gasteiger partial charge is 0.348 e. The first-order chi connectivity index (χ1) is 8.00. The van der Waals surface area contributed by atoms with E-state index in [9.17, 15) is 10.1 Å². The number of nitrogens with one attached hydrogen (secondary N) is 1. The van der Waals surface area contributed by atoms with Gasteiger partial charge >= 0.3 is 5.69 Å². The SMILES string of the molecule is Cc1nn(C)c(N2CCN[C@@H](C)C2)c1[N+](=O)[O-]. The molecule has 1 aliphatic rings. The highest BCUT2D eigenvalue weighted by atomic mass is 16.6. The zero-order valence-corrected chi connectivity index (χ0v) is 10.3. The molecule has 1 aliphatic heterocycles. The number of hydrogen-bond acceptors (Lipinski definition) is 5. The van der Waals surface area contributed by atoms with Crippen molar-refractivity contribution in [3.05, 3.63) is 15.8 Å². The maximum absolute atomic E-state index is 11.1. The van der Waals surface area contributed by atoms with Gasteiger partial charge in [0.25, 0.3) is 0 Å². The van der Waals surface area contributed by atoms with Crippen LogP contribution >= 0.6 is 0 Å². The third kappa shape index (κ3) is 2.10. The zero-order valence-electron chi connectivity index (χ0n) is 10.3. The lowest BCUT2D eigenvalue weighted by Gasteiger charge is -2.32. The molecule has 0 amide bonds. The van der Waals surface area contributed by atoms with Crippen molar-refractivity contribution in [2.24, 2.45) is 7.05 Å². The van der Waals surface area contributed by atoms with Crippen LogP contribution in [0.25, 0.3) is 0 Å². The summed E-state index contributed by atoms with van der Waals surface area (Å²) in [6.07, 6.45) is 0. The summed E-state index contributed by atoms with van der Waals surface area (Å²) < 4.78 is 1.60. The molecule has 7 nitrogen and oxygen atoms in total. The highest BCUT2D eigenvalue weighted by molar-refractivity contribution is 5.61. The Morgan fingerprint density at radius 2 is 2.29 bits per heavy atom. The number of nitro groups is 1. The van der Waals surface area contributed by atoms with Crippen LogP contribution in [0.5, 0.6) is 0 Å². The number of nitrogens with zero attached hydrogens (tertiary/aromatic N) is 4. The molecular weight excluding hydrogens is 222 g/mol. The van der Waals surface area contributed by atoms with Gasteiger partial charge in [-0.25, -0.2) is 4.68 Å². The third-order valence-electron chi connectivity index (χ3n) is 3.01. The Balaban J connectivity index is 2.40. The van der Waals surface area contributed by atoms with Crippen LogP contribution in [0.4, 0.5) is 11.5 Å². The van der Waals surface area contributed by atoms with Gasteiger partial charge < -0.3 is 10.2 Å². The number of piperazine rings is 1. The molecule has 1 aromatic rings. The first-order valence-electron chi connectivity index (χ1n) is 5.67. The van der Waals surface area contributed by atoms with E-state index in [1.165, 1.54) is 0 Å². The van der Waals surface area contributed by atoms with Gasteiger partial charge in [-0.1, -0.05) is 0 Å². The fourth-order valence-electron chi connectivity index (χ4n) is 2.33. The first-order valence-corrected chi connectivity index (χ1v) is 5.67. The van der Waals surface area contributed by atoms with Gasteiger partial charge in [0.1, 0.15) is 5.69 Å². The standard InChI is InChI=1S/C10H17N5O2/c1-7-6-14(5-4-11-7)10-9(15(16)17)8(2)12-13(10)3/h7,11H,4-6H2,1-3H3/t7-/m0/s1. The van der Waals surface area contributed by atoms with E-state index in [4.69, 9.17) is 0 Å². The smallest absolute Gasteiger partial charge is 0.333 e. The molecule has 17 heavy (non-hydrogen) atoms. The molecule has 1 N–H and O–H groups in total. The van der Waals surface area contributed by atoms with Crippen LogP contribution in [0.15, 0.2) is 0 Å². The fourth-order valence-corrected chi connectivity index (χ4v) is 2.33. The molecule has 1 saturated heterocycles. The Bertz CT molecular complexity index is 442. The van der Waals surface area contributed by atoms with Crippen molar-refractivity contribution in [3.8, 4) is 0 Å². The number of rotatable bonds is 2. The molecule has 0 saturated carbocycles. The molecule has 7 heteroatoms. The van der Waals surface area contributed by atoms with E-state index in [0.717, 1.165) is 19.6 Å². The van der Waals surface area contributed by atoms with E-state index < -0.39 is 0 Å². The van der Waals surface area contributed by atoms with E-state index in [1.807, 2.05) is 4.90 Å². The monoisotopic (exact) mass is 239 g/mol. The predicted molar refractivity (Wildman–Crippen MR) is 64.3 cm³/mol. The van der Waals surface area contributed by atoms with Crippen LogP contribution in [0.1, 0.15) is 12.6 Å². The van der Waals surface area contributed by atoms with Gasteiger partial charge in [-0.15, -0.1) is 0 Å². The van der Waals surface area contributed by atoms with Gasteiger partial charge in [0, 0.05) is 32.7 Å². The van der Waals surface area contributed by atoms with E-state index in [-0.39, 0.29) is 10.6 Å². The lowest BCUT2D eigenvalue weighted by atomic mass is 10.2. The van der Waals surface area contributed by atoms with Crippen LogP contribution in [-0.2, 0) is 7.05 Å². The molecular formula is C10H17N5O2. The molecule has 94 valence electrons. The van der Waals surface area contributed by atoms with Crippen LogP contribution in [0.3, 0.4) is 0 Å². The Hall–Kier alpha value is -1.63. The minimum Gasteiger partial charge on any atom is -0.348 e. The normalized spacial score (nSPS) is 20.6. The minimum absolute atomic E-state index is 0.126. The van der Waals surface area contributed by atoms with Gasteiger partial charge in [0.05, 0.1) is 4.92 Å². The van der Waals surface area contributed by atoms with Gasteiger partial charge in [-0.05, 0) is 13.8 Å². The highest BCUT2D eigenvalue weighted by Crippen LogP contribution is 2.31. The topological polar surface area (TPSA) is 76.2 Å². The third-order valence-corrected chi connectivity index (χ3v) is 3.01. The molecule has 1 fully saturated rings. The van der Waals surface area contributed by atoms with Gasteiger partial charge in [0.15, 0.2) is 0 Å². The van der Waals surface area contributed by atoms with Crippen molar-refractivity contribution in [2.75, 3.05) is 24.5 Å². The van der Waals surface area contributed by atoms with Crippen molar-refractivity contribution < 1.29 is 4.92 Å². The Morgan fingerprint density at radius 1 is 1.59 bits per heavy atom. The van der Waals surface area contributed by atoms with Crippen LogP contribution in [0, 0.1) is 17.0 Å². The van der Waals surface area contributed by atoms with Crippen molar-refractivity contribution in [1.29, 1.82) is 0 Å². The molecule has 1 atom stereocenters. The second-order valence-corrected chi connectivity index (χ2v) is 4.44. The Morgan fingerprint density at radius 3 is 2.88 bits per heavy atom. The zero-order chi connectivity index (χ0) is 12.6. The molecule has 0 spiro atoms. The van der Waals surface area contributed by atoms with E-state index in [0.29, 0.717) is 17.6 Å². The van der Waals surface area contributed by atoms with Crippen molar-refractivity contribution in [1.82, 2.24) is 15.1 Å². The molecule has 0 unspecified atom stereocenters. The second-order valence-electron chi connectivity index (χ2n) is 4.44. The van der Waals surface area contributed by atoms with E-state index in [2.05, 4.69) is 17.3 Å². The lowest BCUT2D eigenvalue weighted by molar-refractivity contribution is -0.384. The molecule has 0 aromatic carbocycles. The van der Waals surface area contributed by atoms with Gasteiger partial charge in [-0.2, -0.15) is 5.10 Å². The average Bonchev–Trinajstić information content (AvgIpc) is 2.53. The summed E-state index contributed by atoms with van der Waals surface area (Å²) in [4.78, 5) is 12.8. The van der Waals surface area contributed by atoms with Crippen molar-refractivity contribution in [2.45, 2.75) is 19.9 Å². The molecule has 1 aromatic heterocycles. The first kappa shape index (κ1) is 11.8. The quantitative estimate of drug-likeness (QED) is 0.598. The summed E-state index contributed by atoms with van der Waals surface area (Å²) in [5.74, 6) is 0.612. The fraction of sp³-hybridized carbons (Fsp3) is 0.700. The van der Waals surface area contributed by atoms with Crippen molar-refractivity contribution >= 4 is 11.5 Å². The van der Waals surface area contributed by atoms with E-state index >= 15 is 0 Å². The summed E-state index contributed by atoms with van der Waals surface area (Å²) >= 11 is 0. The van der Waals surface area contributed by atoms with Gasteiger partial charge in [0.2, 0.25) is 5.82 Å². The second kappa shape index (κ2) is 4.33. The molecule has 0 bridgehead atoms. The number of aromatic nitrogens is 2. The number of anilines is 1. The van der Waals surface area contributed by atoms with Gasteiger partial charge in [-0.3, -0.25) is 10.1 Å². The van der Waals surface area contributed by atoms with Crippen molar-refractivity contribution in [3.63, 3.8) is 0 Å². The summed E-state index contributed by atoms with van der Waals surface area (Å²) in [6, 6.07) is 0.332. The number of hydrogen-bond donors (Lipinski definition) is 1. The minimum atomic E-state index is -0.343. The average molecular weight is 239 g/mol. The highest BCUT2D eigenvalue weighted by Gasteiger charge is 2.30. The van der Waals surface area contributed by atoms with E-state index in [1.54, 1.807) is 18.7 Å². The Labute approximate surface area is 99.6 Å². The summed E-state index contributed by atoms with van der Waals surface area (Å²) in [5, 5.41) is 18.6. The van der Waals surface area contributed by atoms with Crippen LogP contribution in [-0.4, -0.2) is 40.4 Å². The summed E-state index contributed by atoms with van der Waals surface area (Å²) in [6.45, 7) is 6.11. The van der Waals surface area contributed by atoms with Crippen LogP contribution in [0.2, 0.25) is 0 Å². The molecule has 0 radical (unpaired) electrons. The lowest BCUT2D eigenvalue weighted by Crippen LogP contribution is -2.50. The summed E-state index contributed by atoms with van der Waals surface area (Å²) in [5.41, 5.74) is 0.597. The Kier molecular flexibility index (Phi) is 3.01. The molecule has 0 aliphatic carbocycles. The molecule has 2 heterocycles.